The molecule has 1 aliphatic rings. The zero-order chi connectivity index (χ0) is 21.5. The molecule has 0 saturated carbocycles. The van der Waals surface area contributed by atoms with Crippen LogP contribution in [-0.4, -0.2) is 29.3 Å². The number of thioether (sulfide) groups is 1. The van der Waals surface area contributed by atoms with Crippen molar-refractivity contribution in [3.63, 3.8) is 0 Å². The molecule has 0 radical (unpaired) electrons. The fraction of sp³-hybridized carbons (Fsp3) is 0.708. The van der Waals surface area contributed by atoms with Crippen LogP contribution in [0.15, 0.2) is 41.3 Å². The van der Waals surface area contributed by atoms with E-state index in [4.69, 9.17) is 4.43 Å². The molecule has 0 bridgehead atoms. The second-order valence-corrected chi connectivity index (χ2v) is 15.9. The van der Waals surface area contributed by atoms with E-state index in [1.165, 1.54) is 32.1 Å². The average Bonchev–Trinajstić information content (AvgIpc) is 2.92. The third kappa shape index (κ3) is 7.14. The fourth-order valence-electron chi connectivity index (χ4n) is 3.47. The quantitative estimate of drug-likeness (QED) is 0.292. The standard InChI is InChI=1S/C24H41NO2SSi/c1-7-8-9-10-11-13-16-24(26)19-20(27-29(5,6)23(2,3)4)18-21(24)28-22-15-12-14-17-25-22/h12,14-15,17-18,21,26H,7-11,13,16,19H2,1-6H3/t21-,24+/m0/s1. The summed E-state index contributed by atoms with van der Waals surface area (Å²) in [7, 11) is -1.91. The van der Waals surface area contributed by atoms with Gasteiger partial charge in [0, 0.05) is 12.6 Å². The van der Waals surface area contributed by atoms with E-state index < -0.39 is 13.9 Å². The molecule has 0 aromatic carbocycles. The Kier molecular flexibility index (Phi) is 8.86. The SMILES string of the molecule is CCCCCCCC[C@@]1(O)CC(O[Si](C)(C)C(C)(C)C)=C[C@@H]1Sc1ccccn1. The zero-order valence-electron chi connectivity index (χ0n) is 19.3. The highest BCUT2D eigenvalue weighted by atomic mass is 32.2. The smallest absolute Gasteiger partial charge is 0.250 e. The van der Waals surface area contributed by atoms with Crippen LogP contribution in [0.25, 0.3) is 0 Å². The Morgan fingerprint density at radius 3 is 2.48 bits per heavy atom. The zero-order valence-corrected chi connectivity index (χ0v) is 21.1. The number of rotatable bonds is 11. The van der Waals surface area contributed by atoms with Gasteiger partial charge in [0.15, 0.2) is 0 Å². The Morgan fingerprint density at radius 2 is 1.86 bits per heavy atom. The lowest BCUT2D eigenvalue weighted by Crippen LogP contribution is -2.41. The highest BCUT2D eigenvalue weighted by Gasteiger charge is 2.46. The molecule has 5 heteroatoms. The maximum Gasteiger partial charge on any atom is 0.250 e. The van der Waals surface area contributed by atoms with Gasteiger partial charge in [0.2, 0.25) is 8.32 Å². The lowest BCUT2D eigenvalue weighted by molar-refractivity contribution is 0.0397. The number of pyridine rings is 1. The molecular formula is C24H41NO2SSi. The van der Waals surface area contributed by atoms with Gasteiger partial charge in [-0.3, -0.25) is 0 Å². The van der Waals surface area contributed by atoms with Gasteiger partial charge in [-0.1, -0.05) is 84.0 Å². The number of aromatic nitrogens is 1. The van der Waals surface area contributed by atoms with Crippen molar-refractivity contribution in [1.29, 1.82) is 0 Å². The monoisotopic (exact) mass is 435 g/mol. The van der Waals surface area contributed by atoms with Gasteiger partial charge in [-0.25, -0.2) is 4.98 Å². The minimum absolute atomic E-state index is 0.00666. The summed E-state index contributed by atoms with van der Waals surface area (Å²) in [6.07, 6.45) is 12.9. The molecule has 3 nitrogen and oxygen atoms in total. The normalized spacial score (nSPS) is 22.6. The van der Waals surface area contributed by atoms with Gasteiger partial charge in [0.05, 0.1) is 21.6 Å². The van der Waals surface area contributed by atoms with Crippen LogP contribution in [0.3, 0.4) is 0 Å². The Balaban J connectivity index is 2.07. The van der Waals surface area contributed by atoms with Crippen molar-refractivity contribution in [1.82, 2.24) is 4.98 Å². The van der Waals surface area contributed by atoms with Gasteiger partial charge >= 0.3 is 0 Å². The van der Waals surface area contributed by atoms with Crippen LogP contribution in [0, 0.1) is 0 Å². The van der Waals surface area contributed by atoms with Gasteiger partial charge in [-0.05, 0) is 42.8 Å². The lowest BCUT2D eigenvalue weighted by Gasteiger charge is -2.37. The minimum atomic E-state index is -1.91. The number of hydrogen-bond acceptors (Lipinski definition) is 4. The molecule has 0 unspecified atom stereocenters. The summed E-state index contributed by atoms with van der Waals surface area (Å²) in [6, 6.07) is 5.97. The van der Waals surface area contributed by atoms with Crippen molar-refractivity contribution < 1.29 is 9.53 Å². The number of aliphatic hydroxyl groups is 1. The molecule has 0 saturated heterocycles. The van der Waals surface area contributed by atoms with E-state index in [0.29, 0.717) is 6.42 Å². The summed E-state index contributed by atoms with van der Waals surface area (Å²) in [4.78, 5) is 4.47. The lowest BCUT2D eigenvalue weighted by atomic mass is 9.92. The molecule has 2 atom stereocenters. The number of hydrogen-bond donors (Lipinski definition) is 1. The first-order valence-electron chi connectivity index (χ1n) is 11.3. The maximum atomic E-state index is 11.6. The predicted molar refractivity (Wildman–Crippen MR) is 128 cm³/mol. The summed E-state index contributed by atoms with van der Waals surface area (Å²) < 4.78 is 6.59. The van der Waals surface area contributed by atoms with E-state index in [1.807, 2.05) is 24.4 Å². The van der Waals surface area contributed by atoms with Gasteiger partial charge in [-0.2, -0.15) is 0 Å². The summed E-state index contributed by atoms with van der Waals surface area (Å²) in [6.45, 7) is 13.6. The molecule has 164 valence electrons. The molecule has 1 aromatic heterocycles. The summed E-state index contributed by atoms with van der Waals surface area (Å²) in [5, 5.41) is 12.7. The molecule has 2 rings (SSSR count). The van der Waals surface area contributed by atoms with Gasteiger partial charge in [-0.15, -0.1) is 0 Å². The summed E-state index contributed by atoms with van der Waals surface area (Å²) in [5.74, 6) is 0.985. The van der Waals surface area contributed by atoms with Crippen molar-refractivity contribution in [3.05, 3.63) is 36.2 Å². The maximum absolute atomic E-state index is 11.6. The molecule has 0 amide bonds. The van der Waals surface area contributed by atoms with Gasteiger partial charge in [0.25, 0.3) is 0 Å². The third-order valence-electron chi connectivity index (χ3n) is 6.39. The Labute approximate surface area is 183 Å². The van der Waals surface area contributed by atoms with E-state index in [2.05, 4.69) is 51.8 Å². The number of unbranched alkanes of at least 4 members (excludes halogenated alkanes) is 5. The summed E-state index contributed by atoms with van der Waals surface area (Å²) in [5.41, 5.74) is -0.745. The fourth-order valence-corrected chi connectivity index (χ4v) is 5.75. The van der Waals surface area contributed by atoms with Crippen LogP contribution in [0.4, 0.5) is 0 Å². The van der Waals surface area contributed by atoms with Crippen molar-refractivity contribution in [2.75, 3.05) is 0 Å². The largest absolute Gasteiger partial charge is 0.547 e. The van der Waals surface area contributed by atoms with Crippen LogP contribution < -0.4 is 0 Å². The molecule has 29 heavy (non-hydrogen) atoms. The first-order chi connectivity index (χ1) is 13.6. The van der Waals surface area contributed by atoms with Crippen LogP contribution in [-0.2, 0) is 4.43 Å². The van der Waals surface area contributed by atoms with Crippen LogP contribution in [0.5, 0.6) is 0 Å². The van der Waals surface area contributed by atoms with Crippen molar-refractivity contribution >= 4 is 20.1 Å². The topological polar surface area (TPSA) is 42.4 Å². The van der Waals surface area contributed by atoms with Gasteiger partial charge < -0.3 is 9.53 Å². The Bertz CT molecular complexity index is 657. The molecule has 1 aromatic rings. The van der Waals surface area contributed by atoms with E-state index in [1.54, 1.807) is 11.8 Å². The molecule has 1 heterocycles. The van der Waals surface area contributed by atoms with Crippen LogP contribution >= 0.6 is 11.8 Å². The highest BCUT2D eigenvalue weighted by molar-refractivity contribution is 8.00. The molecule has 0 fully saturated rings. The summed E-state index contributed by atoms with van der Waals surface area (Å²) >= 11 is 1.67. The molecule has 1 N–H and O–H groups in total. The van der Waals surface area contributed by atoms with E-state index in [-0.39, 0.29) is 10.3 Å². The molecule has 0 aliphatic heterocycles. The van der Waals surface area contributed by atoms with Crippen molar-refractivity contribution in [2.45, 2.75) is 113 Å². The third-order valence-corrected chi connectivity index (χ3v) is 12.1. The molecule has 1 aliphatic carbocycles. The second-order valence-electron chi connectivity index (χ2n) is 10.00. The average molecular weight is 436 g/mol. The minimum Gasteiger partial charge on any atom is -0.547 e. The van der Waals surface area contributed by atoms with E-state index in [9.17, 15) is 5.11 Å². The highest BCUT2D eigenvalue weighted by Crippen LogP contribution is 2.46. The Morgan fingerprint density at radius 1 is 1.17 bits per heavy atom. The first-order valence-corrected chi connectivity index (χ1v) is 15.1. The van der Waals surface area contributed by atoms with Crippen LogP contribution in [0.2, 0.25) is 18.1 Å². The van der Waals surface area contributed by atoms with Crippen LogP contribution in [0.1, 0.15) is 79.1 Å². The van der Waals surface area contributed by atoms with E-state index in [0.717, 1.165) is 23.6 Å². The Hall–Kier alpha value is -0.783. The molecular weight excluding hydrogens is 394 g/mol. The second kappa shape index (κ2) is 10.5. The van der Waals surface area contributed by atoms with Crippen molar-refractivity contribution in [3.8, 4) is 0 Å². The number of nitrogens with zero attached hydrogens (tertiary/aromatic N) is 1. The van der Waals surface area contributed by atoms with E-state index >= 15 is 0 Å². The van der Waals surface area contributed by atoms with Gasteiger partial charge in [0.1, 0.15) is 0 Å². The first kappa shape index (κ1) is 24.5. The predicted octanol–water partition coefficient (Wildman–Crippen LogP) is 7.33. The molecule has 0 spiro atoms. The van der Waals surface area contributed by atoms with Crippen molar-refractivity contribution in [2.24, 2.45) is 0 Å².